The molecule has 0 aliphatic heterocycles. The van der Waals surface area contributed by atoms with Crippen LogP contribution in [0.2, 0.25) is 0 Å². The van der Waals surface area contributed by atoms with Gasteiger partial charge >= 0.3 is 11.9 Å². The van der Waals surface area contributed by atoms with Gasteiger partial charge in [-0.1, -0.05) is 38.2 Å². The van der Waals surface area contributed by atoms with E-state index in [1.807, 2.05) is 0 Å². The standard InChI is InChI=1S/C35H52O6/c1-35(2,27-7-11-29(12-8-27)38-15-17-40-33(36)31-21-23-3-5-25(31)19-23)28-9-13-30(14-10-28)39-16-18-41-34(37)32-22-24-4-6-26(32)20-24/h3-6,23-32H,7-22H2,1-2H3. The highest BCUT2D eigenvalue weighted by atomic mass is 16.6. The SMILES string of the molecule is CC(C)(C1CCC(OCCOC(=O)C2CC3C=CC2C3)CC1)C1CCC(OCCOC(=O)C2CC3C=CC2C3)CC1. The van der Waals surface area contributed by atoms with Crippen molar-refractivity contribution in [3.8, 4) is 0 Å². The van der Waals surface area contributed by atoms with E-state index >= 15 is 0 Å². The highest BCUT2D eigenvalue weighted by molar-refractivity contribution is 5.74. The third-order valence-corrected chi connectivity index (χ3v) is 12.0. The van der Waals surface area contributed by atoms with Crippen molar-refractivity contribution in [3.63, 3.8) is 0 Å². The Morgan fingerprint density at radius 1 is 0.585 bits per heavy atom. The number of hydrogen-bond acceptors (Lipinski definition) is 6. The summed E-state index contributed by atoms with van der Waals surface area (Å²) in [5, 5.41) is 0. The summed E-state index contributed by atoms with van der Waals surface area (Å²) >= 11 is 0. The van der Waals surface area contributed by atoms with Gasteiger partial charge in [-0.25, -0.2) is 0 Å². The molecule has 6 atom stereocenters. The van der Waals surface area contributed by atoms with Gasteiger partial charge in [0.2, 0.25) is 0 Å². The van der Waals surface area contributed by atoms with Crippen molar-refractivity contribution < 1.29 is 28.5 Å². The van der Waals surface area contributed by atoms with E-state index in [1.54, 1.807) is 0 Å². The fourth-order valence-corrected chi connectivity index (χ4v) is 9.31. The van der Waals surface area contributed by atoms with Crippen molar-refractivity contribution >= 4 is 11.9 Å². The molecule has 6 aliphatic carbocycles. The number of carbonyl (C=O) groups is 2. The van der Waals surface area contributed by atoms with E-state index in [4.69, 9.17) is 18.9 Å². The maximum Gasteiger partial charge on any atom is 0.309 e. The number of esters is 2. The van der Waals surface area contributed by atoms with Gasteiger partial charge in [-0.05, 0) is 118 Å². The summed E-state index contributed by atoms with van der Waals surface area (Å²) in [5.41, 5.74) is 0.325. The first-order chi connectivity index (χ1) is 19.9. The normalized spacial score (nSPS) is 39.4. The molecule has 0 radical (unpaired) electrons. The highest BCUT2D eigenvalue weighted by Gasteiger charge is 2.43. The first-order valence-corrected chi connectivity index (χ1v) is 16.8. The van der Waals surface area contributed by atoms with E-state index in [0.29, 0.717) is 67.7 Å². The van der Waals surface area contributed by atoms with Crippen LogP contribution in [0.1, 0.15) is 90.9 Å². The van der Waals surface area contributed by atoms with E-state index in [2.05, 4.69) is 38.2 Å². The summed E-state index contributed by atoms with van der Waals surface area (Å²) in [6.07, 6.45) is 23.0. The van der Waals surface area contributed by atoms with Gasteiger partial charge in [0.15, 0.2) is 0 Å². The number of fused-ring (bicyclic) bond motifs is 4. The second-order valence-electron chi connectivity index (χ2n) is 14.6. The van der Waals surface area contributed by atoms with Gasteiger partial charge in [-0.3, -0.25) is 9.59 Å². The number of ether oxygens (including phenoxy) is 4. The Morgan fingerprint density at radius 2 is 1.00 bits per heavy atom. The minimum atomic E-state index is -0.0249. The van der Waals surface area contributed by atoms with E-state index in [0.717, 1.165) is 63.2 Å². The molecule has 6 heteroatoms. The van der Waals surface area contributed by atoms with Crippen LogP contribution in [-0.2, 0) is 28.5 Å². The van der Waals surface area contributed by atoms with E-state index in [1.165, 1.54) is 25.7 Å². The fraction of sp³-hybridized carbons (Fsp3) is 0.829. The van der Waals surface area contributed by atoms with Gasteiger partial charge in [0.1, 0.15) is 13.2 Å². The van der Waals surface area contributed by atoms with Crippen LogP contribution < -0.4 is 0 Å². The largest absolute Gasteiger partial charge is 0.463 e. The zero-order chi connectivity index (χ0) is 28.4. The zero-order valence-electron chi connectivity index (χ0n) is 25.3. The molecule has 4 fully saturated rings. The van der Waals surface area contributed by atoms with Gasteiger partial charge in [0.25, 0.3) is 0 Å². The number of carbonyl (C=O) groups excluding carboxylic acids is 2. The lowest BCUT2D eigenvalue weighted by atomic mass is 9.60. The lowest BCUT2D eigenvalue weighted by Gasteiger charge is -2.46. The second kappa shape index (κ2) is 12.9. The molecule has 0 aromatic rings. The topological polar surface area (TPSA) is 71.1 Å². The summed E-state index contributed by atoms with van der Waals surface area (Å²) in [6, 6.07) is 0. The van der Waals surface area contributed by atoms with Crippen LogP contribution in [0.25, 0.3) is 0 Å². The van der Waals surface area contributed by atoms with Crippen LogP contribution in [0, 0.1) is 52.8 Å². The highest BCUT2D eigenvalue weighted by Crippen LogP contribution is 2.49. The monoisotopic (exact) mass is 568 g/mol. The smallest absolute Gasteiger partial charge is 0.309 e. The summed E-state index contributed by atoms with van der Waals surface area (Å²) < 4.78 is 23.4. The van der Waals surface area contributed by atoms with Gasteiger partial charge in [-0.2, -0.15) is 0 Å². The molecular formula is C35H52O6. The minimum Gasteiger partial charge on any atom is -0.463 e. The Balaban J connectivity index is 0.821. The van der Waals surface area contributed by atoms with Gasteiger partial charge in [-0.15, -0.1) is 0 Å². The molecule has 6 rings (SSSR count). The molecule has 0 saturated heterocycles. The van der Waals surface area contributed by atoms with Crippen LogP contribution in [0.4, 0.5) is 0 Å². The van der Waals surface area contributed by atoms with Crippen molar-refractivity contribution in [2.75, 3.05) is 26.4 Å². The molecule has 0 heterocycles. The number of allylic oxidation sites excluding steroid dienone is 4. The molecule has 6 nitrogen and oxygen atoms in total. The summed E-state index contributed by atoms with van der Waals surface area (Å²) in [5.74, 6) is 3.55. The van der Waals surface area contributed by atoms with Crippen LogP contribution >= 0.6 is 0 Å². The molecule has 4 saturated carbocycles. The van der Waals surface area contributed by atoms with Crippen molar-refractivity contribution in [1.82, 2.24) is 0 Å². The van der Waals surface area contributed by atoms with Crippen LogP contribution in [0.3, 0.4) is 0 Å². The first kappa shape index (κ1) is 29.4. The molecule has 228 valence electrons. The van der Waals surface area contributed by atoms with Gasteiger partial charge in [0.05, 0.1) is 37.3 Å². The lowest BCUT2D eigenvalue weighted by molar-refractivity contribution is -0.152. The number of rotatable bonds is 12. The van der Waals surface area contributed by atoms with Crippen LogP contribution in [0.5, 0.6) is 0 Å². The molecule has 6 unspecified atom stereocenters. The van der Waals surface area contributed by atoms with Crippen molar-refractivity contribution in [2.45, 2.75) is 103 Å². The van der Waals surface area contributed by atoms with Crippen LogP contribution in [-0.4, -0.2) is 50.6 Å². The Bertz CT molecular complexity index is 893. The second-order valence-corrected chi connectivity index (χ2v) is 14.6. The third-order valence-electron chi connectivity index (χ3n) is 12.0. The van der Waals surface area contributed by atoms with Crippen LogP contribution in [0.15, 0.2) is 24.3 Å². The fourth-order valence-electron chi connectivity index (χ4n) is 9.31. The predicted molar refractivity (Wildman–Crippen MR) is 157 cm³/mol. The summed E-state index contributed by atoms with van der Waals surface area (Å²) in [6.45, 7) is 6.77. The van der Waals surface area contributed by atoms with Crippen molar-refractivity contribution in [3.05, 3.63) is 24.3 Å². The molecule has 0 aromatic heterocycles. The molecule has 41 heavy (non-hydrogen) atoms. The Labute approximate surface area is 247 Å². The predicted octanol–water partition coefficient (Wildman–Crippen LogP) is 6.67. The number of hydrogen-bond donors (Lipinski definition) is 0. The van der Waals surface area contributed by atoms with Gasteiger partial charge in [0, 0.05) is 0 Å². The Kier molecular flexibility index (Phi) is 9.26. The molecule has 6 aliphatic rings. The molecular weight excluding hydrogens is 516 g/mol. The minimum absolute atomic E-state index is 0.0249. The van der Waals surface area contributed by atoms with E-state index in [-0.39, 0.29) is 23.8 Å². The molecule has 0 N–H and O–H groups in total. The summed E-state index contributed by atoms with van der Waals surface area (Å²) in [4.78, 5) is 24.9. The molecule has 0 aromatic carbocycles. The van der Waals surface area contributed by atoms with Crippen molar-refractivity contribution in [1.29, 1.82) is 0 Å². The van der Waals surface area contributed by atoms with Crippen molar-refractivity contribution in [2.24, 2.45) is 52.8 Å². The average molecular weight is 569 g/mol. The first-order valence-electron chi connectivity index (χ1n) is 16.8. The van der Waals surface area contributed by atoms with E-state index < -0.39 is 0 Å². The Morgan fingerprint density at radius 3 is 1.34 bits per heavy atom. The maximum absolute atomic E-state index is 12.4. The zero-order valence-corrected chi connectivity index (χ0v) is 25.3. The van der Waals surface area contributed by atoms with E-state index in [9.17, 15) is 9.59 Å². The third kappa shape index (κ3) is 6.79. The maximum atomic E-state index is 12.4. The average Bonchev–Trinajstić information content (AvgIpc) is 3.81. The molecule has 0 amide bonds. The molecule has 0 spiro atoms. The van der Waals surface area contributed by atoms with Gasteiger partial charge < -0.3 is 18.9 Å². The Hall–Kier alpha value is -1.66. The lowest BCUT2D eigenvalue weighted by Crippen LogP contribution is -2.39. The summed E-state index contributed by atoms with van der Waals surface area (Å²) in [7, 11) is 0. The molecule has 4 bridgehead atoms. The quantitative estimate of drug-likeness (QED) is 0.149.